The van der Waals surface area contributed by atoms with E-state index in [1.807, 2.05) is 0 Å². The largest absolute Gasteiger partial charge is 0.462 e. The van der Waals surface area contributed by atoms with Crippen LogP contribution in [-0.4, -0.2) is 60.7 Å². The molecule has 2 aliphatic rings. The number of benzene rings is 2. The second-order valence-corrected chi connectivity index (χ2v) is 14.4. The number of hydrogen-bond acceptors (Lipinski definition) is 6. The summed E-state index contributed by atoms with van der Waals surface area (Å²) in [5.74, 6) is 0. The molecule has 2 fully saturated rings. The summed E-state index contributed by atoms with van der Waals surface area (Å²) in [6.07, 6.45) is 4.13. The molecule has 0 spiro atoms. The monoisotopic (exact) mass is 494 g/mol. The highest BCUT2D eigenvalue weighted by Gasteiger charge is 2.57. The average molecular weight is 495 g/mol. The van der Waals surface area contributed by atoms with Gasteiger partial charge in [0.15, 0.2) is 6.10 Å². The molecule has 2 aliphatic heterocycles. The van der Waals surface area contributed by atoms with Gasteiger partial charge in [-0.15, -0.1) is 0 Å². The van der Waals surface area contributed by atoms with Crippen LogP contribution in [0.15, 0.2) is 79.4 Å². The third-order valence-corrected chi connectivity index (χ3v) is 12.0. The van der Waals surface area contributed by atoms with E-state index in [0.29, 0.717) is 18.4 Å². The van der Waals surface area contributed by atoms with Crippen LogP contribution in [0.3, 0.4) is 0 Å². The molecular weight excluding hydrogens is 464 g/mol. The van der Waals surface area contributed by atoms with Crippen LogP contribution in [0.1, 0.15) is 20.8 Å². The van der Waals surface area contributed by atoms with Gasteiger partial charge in [0.1, 0.15) is 18.5 Å². The Hall–Kier alpha value is -2.36. The van der Waals surface area contributed by atoms with Crippen molar-refractivity contribution in [2.45, 2.75) is 50.2 Å². The number of thiocarbonyl (C=S) groups is 1. The molecule has 0 bridgehead atoms. The van der Waals surface area contributed by atoms with Gasteiger partial charge in [0.05, 0.1) is 19.3 Å². The molecule has 0 amide bonds. The van der Waals surface area contributed by atoms with Gasteiger partial charge in [0, 0.05) is 12.4 Å². The summed E-state index contributed by atoms with van der Waals surface area (Å²) < 4.78 is 27.4. The molecule has 2 aromatic carbocycles. The van der Waals surface area contributed by atoms with Crippen molar-refractivity contribution in [3.8, 4) is 0 Å². The van der Waals surface area contributed by atoms with Crippen LogP contribution < -0.4 is 10.4 Å². The van der Waals surface area contributed by atoms with E-state index in [2.05, 4.69) is 86.4 Å². The Morgan fingerprint density at radius 3 is 2.03 bits per heavy atom. The molecule has 0 aliphatic carbocycles. The Morgan fingerprint density at radius 1 is 0.941 bits per heavy atom. The Kier molecular flexibility index (Phi) is 6.43. The molecule has 3 aromatic rings. The fraction of sp³-hybridized carbons (Fsp3) is 0.385. The van der Waals surface area contributed by atoms with E-state index in [4.69, 9.17) is 30.9 Å². The molecule has 4 atom stereocenters. The van der Waals surface area contributed by atoms with Crippen molar-refractivity contribution in [1.29, 1.82) is 0 Å². The summed E-state index contributed by atoms with van der Waals surface area (Å²) in [7, 11) is -2.71. The molecule has 6 nitrogen and oxygen atoms in total. The second kappa shape index (κ2) is 9.35. The highest BCUT2D eigenvalue weighted by molar-refractivity contribution is 7.80. The van der Waals surface area contributed by atoms with Gasteiger partial charge < -0.3 is 18.6 Å². The van der Waals surface area contributed by atoms with Crippen LogP contribution >= 0.6 is 12.2 Å². The molecule has 5 rings (SSSR count). The fourth-order valence-corrected chi connectivity index (χ4v) is 10.0. The van der Waals surface area contributed by atoms with Crippen LogP contribution in [0.25, 0.3) is 0 Å². The molecule has 0 saturated carbocycles. The number of imidazole rings is 1. The topological polar surface area (TPSA) is 54.7 Å². The van der Waals surface area contributed by atoms with Crippen molar-refractivity contribution in [3.63, 3.8) is 0 Å². The van der Waals surface area contributed by atoms with E-state index >= 15 is 0 Å². The third kappa shape index (κ3) is 4.14. The summed E-state index contributed by atoms with van der Waals surface area (Å²) in [5.41, 5.74) is 0. The van der Waals surface area contributed by atoms with E-state index in [9.17, 15) is 0 Å². The summed E-state index contributed by atoms with van der Waals surface area (Å²) in [5, 5.41) is 2.70. The Morgan fingerprint density at radius 2 is 1.50 bits per heavy atom. The lowest BCUT2D eigenvalue weighted by Crippen LogP contribution is -2.68. The van der Waals surface area contributed by atoms with Gasteiger partial charge in [-0.1, -0.05) is 81.4 Å². The first-order chi connectivity index (χ1) is 16.4. The predicted molar refractivity (Wildman–Crippen MR) is 137 cm³/mol. The number of hydrogen-bond donors (Lipinski definition) is 0. The average Bonchev–Trinajstić information content (AvgIpc) is 3.58. The van der Waals surface area contributed by atoms with E-state index in [-0.39, 0.29) is 29.5 Å². The van der Waals surface area contributed by atoms with Crippen LogP contribution in [0, 0.1) is 0 Å². The minimum absolute atomic E-state index is 0.120. The molecule has 34 heavy (non-hydrogen) atoms. The normalized spacial score (nSPS) is 24.7. The fourth-order valence-electron chi connectivity index (χ4n) is 5.11. The minimum atomic E-state index is -2.71. The van der Waals surface area contributed by atoms with Crippen molar-refractivity contribution in [2.75, 3.05) is 13.2 Å². The van der Waals surface area contributed by atoms with Crippen LogP contribution in [0.4, 0.5) is 0 Å². The SMILES string of the molecule is CC(C)(C)[Si](O[C@@H]1CO[C@H]2[C@@H]1OC[C@H]2OC(=S)n1ccnc1)(c1ccccc1)c1ccccc1. The lowest BCUT2D eigenvalue weighted by atomic mass is 10.1. The van der Waals surface area contributed by atoms with Crippen molar-refractivity contribution >= 4 is 36.1 Å². The van der Waals surface area contributed by atoms with Crippen LogP contribution in [0.2, 0.25) is 5.04 Å². The highest BCUT2D eigenvalue weighted by atomic mass is 32.1. The smallest absolute Gasteiger partial charge is 0.269 e. The van der Waals surface area contributed by atoms with E-state index in [1.165, 1.54) is 10.4 Å². The zero-order chi connectivity index (χ0) is 23.8. The predicted octanol–water partition coefficient (Wildman–Crippen LogP) is 3.14. The lowest BCUT2D eigenvalue weighted by molar-refractivity contribution is 0.0112. The number of fused-ring (bicyclic) bond motifs is 1. The van der Waals surface area contributed by atoms with Crippen molar-refractivity contribution in [2.24, 2.45) is 0 Å². The van der Waals surface area contributed by atoms with Gasteiger partial charge in [0.2, 0.25) is 0 Å². The Labute approximate surface area is 207 Å². The van der Waals surface area contributed by atoms with Crippen molar-refractivity contribution < 1.29 is 18.6 Å². The zero-order valence-electron chi connectivity index (χ0n) is 19.7. The summed E-state index contributed by atoms with van der Waals surface area (Å²) in [6.45, 7) is 7.69. The van der Waals surface area contributed by atoms with Gasteiger partial charge in [0.25, 0.3) is 13.5 Å². The highest BCUT2D eigenvalue weighted by Crippen LogP contribution is 2.40. The lowest BCUT2D eigenvalue weighted by Gasteiger charge is -2.45. The molecule has 3 heterocycles. The maximum absolute atomic E-state index is 7.26. The summed E-state index contributed by atoms with van der Waals surface area (Å²) in [6, 6.07) is 21.3. The molecule has 178 valence electrons. The Bertz CT molecular complexity index is 1070. The first kappa shape index (κ1) is 23.4. The standard InChI is InChI=1S/C26H30N2O4SSi/c1-26(2,3)34(19-10-6-4-7-11-19,20-12-8-5-9-13-20)32-22-17-30-23-21(16-29-24(22)23)31-25(33)28-15-14-27-18-28/h4-15,18,21-24H,16-17H2,1-3H3/t21-,22-,23-,24-/m1/s1. The van der Waals surface area contributed by atoms with Crippen molar-refractivity contribution in [1.82, 2.24) is 9.55 Å². The molecule has 0 N–H and O–H groups in total. The summed E-state index contributed by atoms with van der Waals surface area (Å²) in [4.78, 5) is 4.03. The molecular formula is C26H30N2O4SSi. The van der Waals surface area contributed by atoms with Crippen molar-refractivity contribution in [3.05, 3.63) is 79.4 Å². The van der Waals surface area contributed by atoms with Gasteiger partial charge >= 0.3 is 0 Å². The first-order valence-corrected chi connectivity index (χ1v) is 13.9. The van der Waals surface area contributed by atoms with Gasteiger partial charge in [-0.05, 0) is 27.6 Å². The van der Waals surface area contributed by atoms with Crippen LogP contribution in [-0.2, 0) is 18.6 Å². The summed E-state index contributed by atoms with van der Waals surface area (Å²) >= 11 is 5.43. The minimum Gasteiger partial charge on any atom is -0.462 e. The number of rotatable bonds is 5. The van der Waals surface area contributed by atoms with E-state index in [0.717, 1.165) is 0 Å². The Balaban J connectivity index is 1.43. The molecule has 1 aromatic heterocycles. The zero-order valence-corrected chi connectivity index (χ0v) is 21.5. The molecule has 8 heteroatoms. The van der Waals surface area contributed by atoms with Gasteiger partial charge in [-0.2, -0.15) is 0 Å². The van der Waals surface area contributed by atoms with Crippen LogP contribution in [0.5, 0.6) is 0 Å². The number of aromatic nitrogens is 2. The maximum Gasteiger partial charge on any atom is 0.269 e. The first-order valence-electron chi connectivity index (χ1n) is 11.6. The quantitative estimate of drug-likeness (QED) is 0.401. The third-order valence-electron chi connectivity index (χ3n) is 6.67. The maximum atomic E-state index is 7.26. The molecule has 0 unspecified atom stereocenters. The van der Waals surface area contributed by atoms with E-state index in [1.54, 1.807) is 23.3 Å². The van der Waals surface area contributed by atoms with Gasteiger partial charge in [-0.25, -0.2) is 4.98 Å². The van der Waals surface area contributed by atoms with E-state index < -0.39 is 8.32 Å². The molecule has 2 saturated heterocycles. The van der Waals surface area contributed by atoms with Gasteiger partial charge in [-0.3, -0.25) is 4.57 Å². The second-order valence-electron chi connectivity index (χ2n) is 9.81. The number of nitrogens with zero attached hydrogens (tertiary/aromatic N) is 2. The number of ether oxygens (including phenoxy) is 3. The molecule has 0 radical (unpaired) electrons.